The number of carbonyl (C=O) groups excluding carboxylic acids is 1. The number of nitrogens with one attached hydrogen (secondary N) is 1. The average Bonchev–Trinajstić information content (AvgIpc) is 1.87. The Labute approximate surface area is 67.4 Å². The molecule has 0 aromatic heterocycles. The van der Waals surface area contributed by atoms with E-state index in [-0.39, 0.29) is 6.23 Å². The van der Waals surface area contributed by atoms with Crippen LogP contribution in [0.15, 0.2) is 0 Å². The summed E-state index contributed by atoms with van der Waals surface area (Å²) >= 11 is 1.88. The van der Waals surface area contributed by atoms with Gasteiger partial charge in [0.2, 0.25) is 0 Å². The Morgan fingerprint density at radius 1 is 1.78 bits per heavy atom. The van der Waals surface area contributed by atoms with Gasteiger partial charge in [0.25, 0.3) is 0 Å². The third-order valence-electron chi connectivity index (χ3n) is 0.593. The quantitative estimate of drug-likeness (QED) is 0.342. The number of halogens is 1. The first-order valence-corrected chi connectivity index (χ1v) is 3.39. The largest absolute Gasteiger partial charge is 0.509 e. The molecule has 0 saturated heterocycles. The summed E-state index contributed by atoms with van der Waals surface area (Å²) in [6.45, 7) is 1.70. The molecule has 1 N–H and O–H groups in total. The highest BCUT2D eigenvalue weighted by molar-refractivity contribution is 14.1. The summed E-state index contributed by atoms with van der Waals surface area (Å²) in [5, 5.41) is 0. The molecular formula is C4H8INO3. The first-order chi connectivity index (χ1) is 4.20. The van der Waals surface area contributed by atoms with E-state index in [0.717, 1.165) is 0 Å². The van der Waals surface area contributed by atoms with Crippen LogP contribution in [0.3, 0.4) is 0 Å². The lowest BCUT2D eigenvalue weighted by atomic mass is 10.7. The minimum absolute atomic E-state index is 0.307. The van der Waals surface area contributed by atoms with E-state index in [1.54, 1.807) is 6.92 Å². The monoisotopic (exact) mass is 245 g/mol. The molecular weight excluding hydrogens is 237 g/mol. The Balaban J connectivity index is 3.34. The Kier molecular flexibility index (Phi) is 4.78. The van der Waals surface area contributed by atoms with Crippen molar-refractivity contribution in [3.8, 4) is 0 Å². The molecule has 0 aliphatic rings. The van der Waals surface area contributed by atoms with Crippen molar-refractivity contribution in [1.82, 2.24) is 3.53 Å². The van der Waals surface area contributed by atoms with Crippen molar-refractivity contribution < 1.29 is 14.3 Å². The number of carbonyl (C=O) groups is 1. The van der Waals surface area contributed by atoms with Crippen molar-refractivity contribution in [3.63, 3.8) is 0 Å². The molecule has 0 amide bonds. The van der Waals surface area contributed by atoms with E-state index in [1.165, 1.54) is 7.11 Å². The molecule has 0 aromatic rings. The second kappa shape index (κ2) is 4.80. The predicted octanol–water partition coefficient (Wildman–Crippen LogP) is 1.05. The van der Waals surface area contributed by atoms with Crippen LogP contribution < -0.4 is 3.53 Å². The summed E-state index contributed by atoms with van der Waals surface area (Å²) in [4.78, 5) is 10.3. The lowest BCUT2D eigenvalue weighted by Crippen LogP contribution is -2.23. The third-order valence-corrected chi connectivity index (χ3v) is 1.47. The van der Waals surface area contributed by atoms with Crippen molar-refractivity contribution in [3.05, 3.63) is 0 Å². The van der Waals surface area contributed by atoms with Gasteiger partial charge in [-0.2, -0.15) is 0 Å². The zero-order chi connectivity index (χ0) is 7.28. The van der Waals surface area contributed by atoms with Crippen LogP contribution in [0, 0.1) is 0 Å². The molecule has 0 rings (SSSR count). The van der Waals surface area contributed by atoms with Gasteiger partial charge in [-0.25, -0.2) is 8.32 Å². The van der Waals surface area contributed by atoms with Crippen LogP contribution in [0.25, 0.3) is 0 Å². The minimum atomic E-state index is -0.674. The maximum absolute atomic E-state index is 10.3. The molecule has 0 heterocycles. The van der Waals surface area contributed by atoms with Crippen LogP contribution in [0.5, 0.6) is 0 Å². The van der Waals surface area contributed by atoms with Crippen molar-refractivity contribution in [2.75, 3.05) is 7.11 Å². The Hall–Kier alpha value is -0.0400. The zero-order valence-corrected chi connectivity index (χ0v) is 7.34. The van der Waals surface area contributed by atoms with Gasteiger partial charge < -0.3 is 9.47 Å². The van der Waals surface area contributed by atoms with Gasteiger partial charge in [0.05, 0.1) is 7.11 Å². The highest BCUT2D eigenvalue weighted by Gasteiger charge is 2.05. The SMILES string of the molecule is COC(=O)OC(C)NI. The summed E-state index contributed by atoms with van der Waals surface area (Å²) in [6.07, 6.45) is -0.982. The van der Waals surface area contributed by atoms with E-state index in [1.807, 2.05) is 22.9 Å². The first-order valence-electron chi connectivity index (χ1n) is 2.31. The summed E-state index contributed by atoms with van der Waals surface area (Å²) in [5.74, 6) is 0. The standard InChI is InChI=1S/C4H8INO3/c1-3(6-5)9-4(7)8-2/h3,6H,1-2H3. The molecule has 0 aliphatic heterocycles. The highest BCUT2D eigenvalue weighted by Crippen LogP contribution is 1.90. The van der Waals surface area contributed by atoms with Gasteiger partial charge in [0.1, 0.15) is 0 Å². The van der Waals surface area contributed by atoms with Crippen LogP contribution >= 0.6 is 22.9 Å². The number of hydrogen-bond donors (Lipinski definition) is 1. The number of hydrogen-bond acceptors (Lipinski definition) is 4. The fourth-order valence-electron chi connectivity index (χ4n) is 0.215. The highest BCUT2D eigenvalue weighted by atomic mass is 127. The Morgan fingerprint density at radius 3 is 2.67 bits per heavy atom. The predicted molar refractivity (Wildman–Crippen MR) is 40.1 cm³/mol. The van der Waals surface area contributed by atoms with Gasteiger partial charge in [-0.15, -0.1) is 0 Å². The second-order valence-electron chi connectivity index (χ2n) is 1.32. The molecule has 0 bridgehead atoms. The molecule has 0 aromatic carbocycles. The molecule has 4 nitrogen and oxygen atoms in total. The molecule has 0 saturated carbocycles. The van der Waals surface area contributed by atoms with Crippen LogP contribution in [-0.4, -0.2) is 19.5 Å². The summed E-state index contributed by atoms with van der Waals surface area (Å²) in [6, 6.07) is 0. The van der Waals surface area contributed by atoms with Crippen molar-refractivity contribution in [1.29, 1.82) is 0 Å². The molecule has 1 atom stereocenters. The topological polar surface area (TPSA) is 47.6 Å². The van der Waals surface area contributed by atoms with E-state index < -0.39 is 6.16 Å². The van der Waals surface area contributed by atoms with Gasteiger partial charge >= 0.3 is 6.16 Å². The molecule has 0 spiro atoms. The lowest BCUT2D eigenvalue weighted by Gasteiger charge is -2.07. The van der Waals surface area contributed by atoms with E-state index >= 15 is 0 Å². The summed E-state index contributed by atoms with van der Waals surface area (Å²) in [7, 11) is 1.27. The summed E-state index contributed by atoms with van der Waals surface area (Å²) in [5.41, 5.74) is 0. The first kappa shape index (κ1) is 8.96. The smallest absolute Gasteiger partial charge is 0.438 e. The van der Waals surface area contributed by atoms with E-state index in [9.17, 15) is 4.79 Å². The molecule has 0 radical (unpaired) electrons. The number of ether oxygens (including phenoxy) is 2. The molecule has 54 valence electrons. The van der Waals surface area contributed by atoms with Gasteiger partial charge in [-0.3, -0.25) is 0 Å². The Morgan fingerprint density at radius 2 is 2.33 bits per heavy atom. The van der Waals surface area contributed by atoms with Crippen LogP contribution in [0.4, 0.5) is 4.79 Å². The van der Waals surface area contributed by atoms with E-state index in [4.69, 9.17) is 0 Å². The minimum Gasteiger partial charge on any atom is -0.438 e. The molecule has 1 unspecified atom stereocenters. The van der Waals surface area contributed by atoms with Crippen LogP contribution in [-0.2, 0) is 9.47 Å². The fourth-order valence-corrected chi connectivity index (χ4v) is 0.342. The van der Waals surface area contributed by atoms with Gasteiger partial charge in [-0.1, -0.05) is 0 Å². The second-order valence-corrected chi connectivity index (χ2v) is 1.95. The molecule has 0 aliphatic carbocycles. The summed E-state index contributed by atoms with van der Waals surface area (Å²) < 4.78 is 11.5. The van der Waals surface area contributed by atoms with Gasteiger partial charge in [0, 0.05) is 22.9 Å². The fraction of sp³-hybridized carbons (Fsp3) is 0.750. The number of rotatable bonds is 2. The maximum atomic E-state index is 10.3. The van der Waals surface area contributed by atoms with E-state index in [0.29, 0.717) is 0 Å². The van der Waals surface area contributed by atoms with Crippen LogP contribution in [0.2, 0.25) is 0 Å². The van der Waals surface area contributed by atoms with Crippen molar-refractivity contribution in [2.45, 2.75) is 13.2 Å². The molecule has 9 heavy (non-hydrogen) atoms. The maximum Gasteiger partial charge on any atom is 0.509 e. The van der Waals surface area contributed by atoms with Gasteiger partial charge in [-0.05, 0) is 6.92 Å². The van der Waals surface area contributed by atoms with Gasteiger partial charge in [0.15, 0.2) is 6.23 Å². The zero-order valence-electron chi connectivity index (χ0n) is 5.18. The third kappa shape index (κ3) is 4.46. The molecule has 0 fully saturated rings. The average molecular weight is 245 g/mol. The van der Waals surface area contributed by atoms with Crippen molar-refractivity contribution >= 4 is 29.0 Å². The normalized spacial score (nSPS) is 12.3. The lowest BCUT2D eigenvalue weighted by molar-refractivity contribution is 0.0425. The number of methoxy groups -OCH3 is 1. The van der Waals surface area contributed by atoms with E-state index in [2.05, 4.69) is 13.0 Å². The van der Waals surface area contributed by atoms with Crippen LogP contribution in [0.1, 0.15) is 6.92 Å². The Bertz CT molecular complexity index is 97.8. The van der Waals surface area contributed by atoms with Crippen molar-refractivity contribution in [2.24, 2.45) is 0 Å². The molecule has 5 heteroatoms.